The van der Waals surface area contributed by atoms with E-state index in [2.05, 4.69) is 0 Å². The van der Waals surface area contributed by atoms with E-state index in [4.69, 9.17) is 4.74 Å². The first-order valence-corrected chi connectivity index (χ1v) is 9.96. The van der Waals surface area contributed by atoms with E-state index in [0.29, 0.717) is 57.1 Å². The van der Waals surface area contributed by atoms with Gasteiger partial charge in [0, 0.05) is 32.6 Å². The lowest BCUT2D eigenvalue weighted by molar-refractivity contribution is -0.135. The molecular weight excluding hydrogens is 328 g/mol. The van der Waals surface area contributed by atoms with Crippen molar-refractivity contribution in [3.63, 3.8) is 0 Å². The number of sulfonamides is 1. The van der Waals surface area contributed by atoms with Gasteiger partial charge in [0.15, 0.2) is 0 Å². The van der Waals surface area contributed by atoms with Crippen molar-refractivity contribution in [3.05, 3.63) is 29.8 Å². The molecular formula is C17H24N2O4S. The number of morpholine rings is 1. The highest BCUT2D eigenvalue weighted by molar-refractivity contribution is 7.89. The van der Waals surface area contributed by atoms with Gasteiger partial charge in [-0.1, -0.05) is 12.1 Å². The summed E-state index contributed by atoms with van der Waals surface area (Å²) < 4.78 is 31.7. The molecule has 24 heavy (non-hydrogen) atoms. The molecule has 0 bridgehead atoms. The van der Waals surface area contributed by atoms with Gasteiger partial charge in [-0.3, -0.25) is 4.79 Å². The second-order valence-corrected chi connectivity index (χ2v) is 8.19. The minimum absolute atomic E-state index is 0.132. The van der Waals surface area contributed by atoms with Crippen LogP contribution in [0.2, 0.25) is 0 Å². The molecule has 2 aliphatic rings. The van der Waals surface area contributed by atoms with Crippen LogP contribution in [0.15, 0.2) is 29.2 Å². The fourth-order valence-electron chi connectivity index (χ4n) is 3.13. The van der Waals surface area contributed by atoms with Gasteiger partial charge in [-0.2, -0.15) is 4.31 Å². The monoisotopic (exact) mass is 352 g/mol. The van der Waals surface area contributed by atoms with Crippen LogP contribution in [-0.2, 0) is 26.0 Å². The van der Waals surface area contributed by atoms with E-state index in [1.54, 1.807) is 16.4 Å². The molecule has 0 aliphatic carbocycles. The minimum atomic E-state index is -3.36. The SMILES string of the molecule is O=C(CCc1ccc(S(=O)(=O)N2CCCC2)cc1)N1CCOCC1. The van der Waals surface area contributed by atoms with Crippen LogP contribution in [-0.4, -0.2) is 62.9 Å². The van der Waals surface area contributed by atoms with Crippen molar-refractivity contribution in [1.82, 2.24) is 9.21 Å². The lowest BCUT2D eigenvalue weighted by Crippen LogP contribution is -2.40. The lowest BCUT2D eigenvalue weighted by atomic mass is 10.1. The third-order valence-electron chi connectivity index (χ3n) is 4.62. The summed E-state index contributed by atoms with van der Waals surface area (Å²) >= 11 is 0. The maximum absolute atomic E-state index is 12.5. The molecule has 1 aromatic rings. The Morgan fingerprint density at radius 2 is 1.62 bits per heavy atom. The maximum Gasteiger partial charge on any atom is 0.243 e. The predicted octanol–water partition coefficient (Wildman–Crippen LogP) is 1.26. The first kappa shape index (κ1) is 17.4. The third kappa shape index (κ3) is 3.96. The molecule has 6 nitrogen and oxygen atoms in total. The van der Waals surface area contributed by atoms with E-state index in [1.807, 2.05) is 17.0 Å². The summed E-state index contributed by atoms with van der Waals surface area (Å²) in [7, 11) is -3.36. The molecule has 2 aliphatic heterocycles. The Labute approximate surface area is 143 Å². The predicted molar refractivity (Wildman–Crippen MR) is 90.2 cm³/mol. The summed E-state index contributed by atoms with van der Waals surface area (Å²) in [6.45, 7) is 3.75. The van der Waals surface area contributed by atoms with Gasteiger partial charge in [-0.05, 0) is 37.0 Å². The number of hydrogen-bond acceptors (Lipinski definition) is 4. The molecule has 3 rings (SSSR count). The van der Waals surface area contributed by atoms with Crippen molar-refractivity contribution in [2.24, 2.45) is 0 Å². The zero-order valence-corrected chi connectivity index (χ0v) is 14.6. The molecule has 0 spiro atoms. The van der Waals surface area contributed by atoms with Gasteiger partial charge < -0.3 is 9.64 Å². The van der Waals surface area contributed by atoms with Crippen LogP contribution in [0.3, 0.4) is 0 Å². The summed E-state index contributed by atoms with van der Waals surface area (Å²) in [6.07, 6.45) is 2.93. The van der Waals surface area contributed by atoms with Crippen molar-refractivity contribution in [2.45, 2.75) is 30.6 Å². The van der Waals surface area contributed by atoms with E-state index >= 15 is 0 Å². The van der Waals surface area contributed by atoms with Crippen molar-refractivity contribution >= 4 is 15.9 Å². The molecule has 2 saturated heterocycles. The van der Waals surface area contributed by atoms with Crippen LogP contribution in [0.4, 0.5) is 0 Å². The summed E-state index contributed by atoms with van der Waals surface area (Å²) in [6, 6.07) is 6.94. The zero-order valence-electron chi connectivity index (χ0n) is 13.8. The number of aryl methyl sites for hydroxylation is 1. The molecule has 1 aromatic carbocycles. The standard InChI is InChI=1S/C17H24N2O4S/c20-17(18-11-13-23-14-12-18)8-5-15-3-6-16(7-4-15)24(21,22)19-9-1-2-10-19/h3-4,6-7H,1-2,5,8-14H2. The van der Waals surface area contributed by atoms with Gasteiger partial charge in [0.25, 0.3) is 0 Å². The molecule has 132 valence electrons. The number of benzene rings is 1. The van der Waals surface area contributed by atoms with Crippen molar-refractivity contribution in [3.8, 4) is 0 Å². The number of hydrogen-bond donors (Lipinski definition) is 0. The first-order chi connectivity index (χ1) is 11.6. The topological polar surface area (TPSA) is 66.9 Å². The number of nitrogens with zero attached hydrogens (tertiary/aromatic N) is 2. The Morgan fingerprint density at radius 1 is 1.00 bits per heavy atom. The highest BCUT2D eigenvalue weighted by Crippen LogP contribution is 2.21. The Hall–Kier alpha value is -1.44. The first-order valence-electron chi connectivity index (χ1n) is 8.52. The van der Waals surface area contributed by atoms with Crippen LogP contribution in [0.25, 0.3) is 0 Å². The second-order valence-electron chi connectivity index (χ2n) is 6.25. The fraction of sp³-hybridized carbons (Fsp3) is 0.588. The molecule has 0 radical (unpaired) electrons. The second kappa shape index (κ2) is 7.63. The van der Waals surface area contributed by atoms with Crippen molar-refractivity contribution < 1.29 is 17.9 Å². The average molecular weight is 352 g/mol. The lowest BCUT2D eigenvalue weighted by Gasteiger charge is -2.26. The molecule has 0 unspecified atom stereocenters. The van der Waals surface area contributed by atoms with E-state index < -0.39 is 10.0 Å². The quantitative estimate of drug-likeness (QED) is 0.800. The van der Waals surface area contributed by atoms with Gasteiger partial charge in [0.05, 0.1) is 18.1 Å². The smallest absolute Gasteiger partial charge is 0.243 e. The third-order valence-corrected chi connectivity index (χ3v) is 6.53. The Balaban J connectivity index is 1.57. The Morgan fingerprint density at radius 3 is 2.25 bits per heavy atom. The highest BCUT2D eigenvalue weighted by atomic mass is 32.2. The fourth-order valence-corrected chi connectivity index (χ4v) is 4.64. The molecule has 2 heterocycles. The van der Waals surface area contributed by atoms with Crippen LogP contribution in [0, 0.1) is 0 Å². The molecule has 2 fully saturated rings. The number of amides is 1. The maximum atomic E-state index is 12.5. The summed E-state index contributed by atoms with van der Waals surface area (Å²) in [5.41, 5.74) is 0.983. The molecule has 7 heteroatoms. The Bertz CT molecular complexity index is 660. The highest BCUT2D eigenvalue weighted by Gasteiger charge is 2.26. The van der Waals surface area contributed by atoms with Gasteiger partial charge >= 0.3 is 0 Å². The molecule has 0 N–H and O–H groups in total. The van der Waals surface area contributed by atoms with Gasteiger partial charge in [-0.15, -0.1) is 0 Å². The number of carbonyl (C=O) groups is 1. The van der Waals surface area contributed by atoms with Gasteiger partial charge in [0.2, 0.25) is 15.9 Å². The minimum Gasteiger partial charge on any atom is -0.378 e. The van der Waals surface area contributed by atoms with E-state index in [0.717, 1.165) is 18.4 Å². The molecule has 0 aromatic heterocycles. The van der Waals surface area contributed by atoms with Crippen molar-refractivity contribution in [1.29, 1.82) is 0 Å². The van der Waals surface area contributed by atoms with Crippen molar-refractivity contribution in [2.75, 3.05) is 39.4 Å². The largest absolute Gasteiger partial charge is 0.378 e. The van der Waals surface area contributed by atoms with Gasteiger partial charge in [-0.25, -0.2) is 8.42 Å². The van der Waals surface area contributed by atoms with Crippen LogP contribution in [0.1, 0.15) is 24.8 Å². The van der Waals surface area contributed by atoms with Gasteiger partial charge in [0.1, 0.15) is 0 Å². The van der Waals surface area contributed by atoms with E-state index in [-0.39, 0.29) is 5.91 Å². The average Bonchev–Trinajstić information content (AvgIpc) is 3.16. The number of carbonyl (C=O) groups excluding carboxylic acids is 1. The van der Waals surface area contributed by atoms with Crippen LogP contribution >= 0.6 is 0 Å². The molecule has 0 atom stereocenters. The molecule has 1 amide bonds. The summed E-state index contributed by atoms with van der Waals surface area (Å²) in [4.78, 5) is 14.3. The number of rotatable bonds is 5. The van der Waals surface area contributed by atoms with E-state index in [1.165, 1.54) is 0 Å². The normalized spacial score (nSPS) is 19.6. The zero-order chi connectivity index (χ0) is 17.0. The molecule has 0 saturated carbocycles. The summed E-state index contributed by atoms with van der Waals surface area (Å²) in [5.74, 6) is 0.132. The van der Waals surface area contributed by atoms with Crippen LogP contribution in [0.5, 0.6) is 0 Å². The summed E-state index contributed by atoms with van der Waals surface area (Å²) in [5, 5.41) is 0. The van der Waals surface area contributed by atoms with Crippen LogP contribution < -0.4 is 0 Å². The van der Waals surface area contributed by atoms with E-state index in [9.17, 15) is 13.2 Å². The Kier molecular flexibility index (Phi) is 5.53. The number of ether oxygens (including phenoxy) is 1.